The van der Waals surface area contributed by atoms with Crippen molar-refractivity contribution in [2.45, 2.75) is 0 Å². The molecule has 0 unspecified atom stereocenters. The summed E-state index contributed by atoms with van der Waals surface area (Å²) in [5.74, 6) is -0.479. The van der Waals surface area contributed by atoms with Crippen LogP contribution in [0.1, 0.15) is 0 Å². The average Bonchev–Trinajstić information content (AvgIpc) is 1.35. The van der Waals surface area contributed by atoms with E-state index in [1.165, 1.54) is 0 Å². The number of carboxylic acids is 1. The zero-order valence-corrected chi connectivity index (χ0v) is 5.80. The Hall–Kier alpha value is -0.0800. The van der Waals surface area contributed by atoms with Gasteiger partial charge < -0.3 is 9.90 Å². The van der Waals surface area contributed by atoms with E-state index >= 15 is 0 Å². The molecule has 0 aliphatic carbocycles. The topological polar surface area (TPSA) is 57.2 Å². The van der Waals surface area contributed by atoms with Crippen molar-refractivity contribution in [2.75, 3.05) is 0 Å². The van der Waals surface area contributed by atoms with Gasteiger partial charge in [0.05, 0.1) is 5.97 Å². The molecule has 0 bridgehead atoms. The predicted octanol–water partition coefficient (Wildman–Crippen LogP) is -4.87. The molecule has 0 aromatic rings. The van der Waals surface area contributed by atoms with Gasteiger partial charge in [-0.05, 0) is 0 Å². The van der Waals surface area contributed by atoms with Gasteiger partial charge in [0, 0.05) is 6.08 Å². The maximum Gasteiger partial charge on any atom is 1.00 e. The third kappa shape index (κ3) is 10.7. The van der Waals surface area contributed by atoms with Gasteiger partial charge in [-0.3, -0.25) is 0 Å². The number of carbonyl (C=O) groups excluding carboxylic acids is 2. The minimum Gasteiger partial charge on any atom is -0.545 e. The second-order valence-corrected chi connectivity index (χ2v) is 0.581. The molecule has 0 aromatic heterocycles. The molecule has 0 saturated heterocycles. The third-order valence-corrected chi connectivity index (χ3v) is 0.177. The maximum atomic E-state index is 9.17. The number of carbonyl (C=O) groups is 1. The molecule has 0 N–H and O–H groups in total. The van der Waals surface area contributed by atoms with Crippen LogP contribution in [-0.4, -0.2) is 11.9 Å². The van der Waals surface area contributed by atoms with Crippen molar-refractivity contribution in [3.05, 3.63) is 6.08 Å². The summed E-state index contributed by atoms with van der Waals surface area (Å²) >= 11 is 0. The molecule has 0 aliphatic heterocycles. The summed E-state index contributed by atoms with van der Waals surface area (Å²) in [7, 11) is 0. The maximum absolute atomic E-state index is 9.17. The summed E-state index contributed by atoms with van der Waals surface area (Å²) in [6, 6.07) is 0. The molecule has 3 nitrogen and oxygen atoms in total. The molecule has 0 radical (unpaired) electrons. The summed E-state index contributed by atoms with van der Waals surface area (Å²) in [6.07, 6.45) is 0.292. The van der Waals surface area contributed by atoms with Crippen molar-refractivity contribution in [2.24, 2.45) is 0 Å². The molecule has 0 rings (SSSR count). The van der Waals surface area contributed by atoms with Crippen molar-refractivity contribution in [1.29, 1.82) is 0 Å². The number of carboxylic acid groups (broad SMARTS) is 1. The van der Waals surface area contributed by atoms with Crippen LogP contribution in [0.15, 0.2) is 6.08 Å². The Morgan fingerprint density at radius 2 is 2.14 bits per heavy atom. The summed E-state index contributed by atoms with van der Waals surface area (Å²) in [4.78, 5) is 18.2. The largest absolute Gasteiger partial charge is 1.00 e. The first-order valence-corrected chi connectivity index (χ1v) is 1.19. The zero-order valence-electron chi connectivity index (χ0n) is 3.80. The normalized spacial score (nSPS) is 5.14. The molecule has 0 atom stereocenters. The molecule has 0 fully saturated rings. The van der Waals surface area contributed by atoms with Crippen LogP contribution in [0.5, 0.6) is 0 Å². The molecule has 0 amide bonds. The standard InChI is InChI=1S/C3H2O3.Na/c4-2-1-3(5)6;/h1H,(H,5,6);/q;+1/p-1. The first-order chi connectivity index (χ1) is 2.77. The van der Waals surface area contributed by atoms with Gasteiger partial charge in [-0.2, -0.15) is 0 Å². The van der Waals surface area contributed by atoms with Gasteiger partial charge in [0.2, 0.25) is 0 Å². The quantitative estimate of drug-likeness (QED) is 0.192. The van der Waals surface area contributed by atoms with Gasteiger partial charge in [0.15, 0.2) is 0 Å². The first kappa shape index (κ1) is 10.0. The third-order valence-electron chi connectivity index (χ3n) is 0.177. The van der Waals surface area contributed by atoms with Crippen LogP contribution in [0.3, 0.4) is 0 Å². The van der Waals surface area contributed by atoms with Gasteiger partial charge in [-0.1, -0.05) is 0 Å². The van der Waals surface area contributed by atoms with E-state index in [1.54, 1.807) is 0 Å². The molecule has 0 aliphatic rings. The average molecular weight is 108 g/mol. The molecule has 0 aromatic carbocycles. The monoisotopic (exact) mass is 108 g/mol. The molecule has 0 spiro atoms. The second kappa shape index (κ2) is 5.92. The van der Waals surface area contributed by atoms with Gasteiger partial charge in [0.1, 0.15) is 5.94 Å². The van der Waals surface area contributed by atoms with E-state index in [4.69, 9.17) is 4.79 Å². The van der Waals surface area contributed by atoms with Crippen LogP contribution in [0, 0.1) is 0 Å². The van der Waals surface area contributed by atoms with E-state index in [1.807, 2.05) is 0 Å². The Morgan fingerprint density at radius 1 is 1.71 bits per heavy atom. The van der Waals surface area contributed by atoms with E-state index in [0.717, 1.165) is 5.94 Å². The SMILES string of the molecule is O=C=CC(=O)[O-].[Na+]. The molecular formula is C3HNaO3. The van der Waals surface area contributed by atoms with E-state index in [0.29, 0.717) is 6.08 Å². The van der Waals surface area contributed by atoms with Crippen molar-refractivity contribution < 1.29 is 44.3 Å². The Morgan fingerprint density at radius 3 is 2.14 bits per heavy atom. The molecule has 7 heavy (non-hydrogen) atoms. The Balaban J connectivity index is 0. The molecular weight excluding hydrogens is 107 g/mol. The van der Waals surface area contributed by atoms with Crippen LogP contribution in [0.2, 0.25) is 0 Å². The van der Waals surface area contributed by atoms with Crippen molar-refractivity contribution in [3.63, 3.8) is 0 Å². The van der Waals surface area contributed by atoms with E-state index in [2.05, 4.69) is 0 Å². The Labute approximate surface area is 62.3 Å². The summed E-state index contributed by atoms with van der Waals surface area (Å²) in [6.45, 7) is 0. The first-order valence-electron chi connectivity index (χ1n) is 1.19. The second-order valence-electron chi connectivity index (χ2n) is 0.581. The Kier molecular flexibility index (Phi) is 8.47. The fourth-order valence-electron chi connectivity index (χ4n) is 0.0481. The predicted molar refractivity (Wildman–Crippen MR) is 15.3 cm³/mol. The van der Waals surface area contributed by atoms with Gasteiger partial charge in [-0.15, -0.1) is 0 Å². The van der Waals surface area contributed by atoms with Gasteiger partial charge >= 0.3 is 29.6 Å². The van der Waals surface area contributed by atoms with Crippen LogP contribution >= 0.6 is 0 Å². The van der Waals surface area contributed by atoms with Crippen LogP contribution < -0.4 is 34.7 Å². The van der Waals surface area contributed by atoms with E-state index in [-0.39, 0.29) is 29.6 Å². The molecule has 0 saturated carbocycles. The van der Waals surface area contributed by atoms with Gasteiger partial charge in [-0.25, -0.2) is 4.79 Å². The summed E-state index contributed by atoms with van der Waals surface area (Å²) in [5, 5.41) is 9.17. The van der Waals surface area contributed by atoms with Crippen LogP contribution in [0.25, 0.3) is 0 Å². The number of hydrogen-bond acceptors (Lipinski definition) is 3. The Bertz CT molecular complexity index is 103. The van der Waals surface area contributed by atoms with Gasteiger partial charge in [0.25, 0.3) is 0 Å². The minimum atomic E-state index is -1.51. The number of hydrogen-bond donors (Lipinski definition) is 0. The minimum absolute atomic E-state index is 0. The van der Waals surface area contributed by atoms with Crippen LogP contribution in [-0.2, 0) is 9.59 Å². The molecule has 4 heteroatoms. The summed E-state index contributed by atoms with van der Waals surface area (Å²) < 4.78 is 0. The number of rotatable bonds is 1. The fraction of sp³-hybridized carbons (Fsp3) is 0. The fourth-order valence-corrected chi connectivity index (χ4v) is 0.0481. The zero-order chi connectivity index (χ0) is 4.99. The van der Waals surface area contributed by atoms with Crippen molar-refractivity contribution in [1.82, 2.24) is 0 Å². The molecule has 32 valence electrons. The number of aliphatic carboxylic acids is 1. The van der Waals surface area contributed by atoms with E-state index in [9.17, 15) is 9.90 Å². The van der Waals surface area contributed by atoms with Crippen molar-refractivity contribution in [3.8, 4) is 0 Å². The van der Waals surface area contributed by atoms with E-state index < -0.39 is 5.97 Å². The molecule has 0 heterocycles. The smallest absolute Gasteiger partial charge is 0.545 e. The van der Waals surface area contributed by atoms with Crippen LogP contribution in [0.4, 0.5) is 0 Å². The summed E-state index contributed by atoms with van der Waals surface area (Å²) in [5.41, 5.74) is 0. The van der Waals surface area contributed by atoms with Crippen molar-refractivity contribution >= 4 is 11.9 Å².